The monoisotopic (exact) mass is 403 g/mol. The van der Waals surface area contributed by atoms with E-state index in [0.717, 1.165) is 16.8 Å². The van der Waals surface area contributed by atoms with Crippen molar-refractivity contribution in [3.05, 3.63) is 20.8 Å². The van der Waals surface area contributed by atoms with Gasteiger partial charge in [0.25, 0.3) is 0 Å². The molecule has 0 saturated carbocycles. The van der Waals surface area contributed by atoms with Gasteiger partial charge in [0.15, 0.2) is 5.96 Å². The molecule has 15 heavy (non-hydrogen) atoms. The largest absolute Gasteiger partial charge is 0.370 e. The highest BCUT2D eigenvalue weighted by Gasteiger charge is 1.96. The molecule has 3 nitrogen and oxygen atoms in total. The second kappa shape index (κ2) is 8.35. The molecule has 1 heterocycles. The van der Waals surface area contributed by atoms with Crippen LogP contribution >= 0.6 is 51.2 Å². The van der Waals surface area contributed by atoms with Gasteiger partial charge in [0.2, 0.25) is 0 Å². The van der Waals surface area contributed by atoms with Crippen molar-refractivity contribution < 1.29 is 0 Å². The van der Waals surface area contributed by atoms with Crippen LogP contribution in [-0.4, -0.2) is 12.5 Å². The van der Waals surface area contributed by atoms with Crippen LogP contribution in [0.5, 0.6) is 0 Å². The maximum absolute atomic E-state index is 5.65. The van der Waals surface area contributed by atoms with Gasteiger partial charge < -0.3 is 11.1 Å². The molecule has 1 rings (SSSR count). The molecule has 0 fully saturated rings. The zero-order valence-corrected chi connectivity index (χ0v) is 13.2. The number of hydrogen-bond donors (Lipinski definition) is 2. The van der Waals surface area contributed by atoms with E-state index in [1.807, 2.05) is 12.1 Å². The van der Waals surface area contributed by atoms with Crippen LogP contribution in [-0.2, 0) is 6.54 Å². The lowest BCUT2D eigenvalue weighted by Gasteiger charge is -2.01. The normalized spacial score (nSPS) is 10.9. The number of thiophene rings is 1. The van der Waals surface area contributed by atoms with Crippen LogP contribution in [0, 0.1) is 0 Å². The average Bonchev–Trinajstić information content (AvgIpc) is 2.58. The van der Waals surface area contributed by atoms with E-state index in [0.29, 0.717) is 12.5 Å². The summed E-state index contributed by atoms with van der Waals surface area (Å²) < 4.78 is 1.13. The van der Waals surface area contributed by atoms with E-state index in [9.17, 15) is 0 Å². The molecule has 0 amide bonds. The number of nitrogens with two attached hydrogens (primary N) is 1. The van der Waals surface area contributed by atoms with E-state index < -0.39 is 0 Å². The van der Waals surface area contributed by atoms with Gasteiger partial charge in [-0.1, -0.05) is 6.92 Å². The number of nitrogens with one attached hydrogen (secondary N) is 1. The fraction of sp³-hybridized carbons (Fsp3) is 0.444. The highest BCUT2D eigenvalue weighted by molar-refractivity contribution is 14.0. The number of nitrogens with zero attached hydrogens (tertiary/aromatic N) is 1. The van der Waals surface area contributed by atoms with Crippen molar-refractivity contribution >= 4 is 57.2 Å². The number of halogens is 2. The van der Waals surface area contributed by atoms with Crippen LogP contribution in [0.25, 0.3) is 0 Å². The number of aliphatic imine (C=N–C) groups is 1. The van der Waals surface area contributed by atoms with Gasteiger partial charge in [-0.05, 0) is 34.5 Å². The Morgan fingerprint density at radius 1 is 1.60 bits per heavy atom. The molecule has 0 aliphatic carbocycles. The van der Waals surface area contributed by atoms with Crippen LogP contribution in [0.4, 0.5) is 0 Å². The molecule has 0 atom stereocenters. The van der Waals surface area contributed by atoms with E-state index in [4.69, 9.17) is 5.73 Å². The zero-order valence-electron chi connectivity index (χ0n) is 8.50. The Morgan fingerprint density at radius 2 is 2.33 bits per heavy atom. The molecular weight excluding hydrogens is 389 g/mol. The lowest BCUT2D eigenvalue weighted by molar-refractivity contribution is 0.826. The van der Waals surface area contributed by atoms with E-state index in [2.05, 4.69) is 33.2 Å². The van der Waals surface area contributed by atoms with Crippen molar-refractivity contribution in [2.24, 2.45) is 10.7 Å². The van der Waals surface area contributed by atoms with Crippen LogP contribution in [0.3, 0.4) is 0 Å². The molecule has 86 valence electrons. The van der Waals surface area contributed by atoms with Crippen molar-refractivity contribution in [1.29, 1.82) is 0 Å². The van der Waals surface area contributed by atoms with Crippen LogP contribution in [0.2, 0.25) is 0 Å². The van der Waals surface area contributed by atoms with E-state index in [1.165, 1.54) is 4.88 Å². The third-order valence-corrected chi connectivity index (χ3v) is 3.20. The van der Waals surface area contributed by atoms with Gasteiger partial charge in [-0.2, -0.15) is 0 Å². The first-order valence-corrected chi connectivity index (χ1v) is 6.11. The fourth-order valence-corrected chi connectivity index (χ4v) is 2.32. The molecule has 0 saturated heterocycles. The van der Waals surface area contributed by atoms with E-state index >= 15 is 0 Å². The predicted octanol–water partition coefficient (Wildman–Crippen LogP) is 2.94. The number of guanidine groups is 1. The Balaban J connectivity index is 0.00000196. The van der Waals surface area contributed by atoms with Gasteiger partial charge >= 0.3 is 0 Å². The molecule has 3 N–H and O–H groups in total. The van der Waals surface area contributed by atoms with Gasteiger partial charge in [-0.25, -0.2) is 4.99 Å². The Morgan fingerprint density at radius 3 is 2.87 bits per heavy atom. The maximum atomic E-state index is 5.65. The summed E-state index contributed by atoms with van der Waals surface area (Å²) in [4.78, 5) is 5.42. The average molecular weight is 404 g/mol. The van der Waals surface area contributed by atoms with Crippen LogP contribution in [0.1, 0.15) is 18.2 Å². The second-order valence-corrected chi connectivity index (χ2v) is 5.38. The Hall–Kier alpha value is 0.180. The number of rotatable bonds is 4. The van der Waals surface area contributed by atoms with Crippen molar-refractivity contribution in [2.45, 2.75) is 19.9 Å². The third-order valence-electron chi connectivity index (χ3n) is 1.59. The first kappa shape index (κ1) is 15.2. The fourth-order valence-electron chi connectivity index (χ4n) is 0.909. The Kier molecular flexibility index (Phi) is 8.45. The topological polar surface area (TPSA) is 50.4 Å². The zero-order chi connectivity index (χ0) is 10.4. The Bertz CT molecular complexity index is 314. The minimum atomic E-state index is 0. The molecule has 0 unspecified atom stereocenters. The van der Waals surface area contributed by atoms with Gasteiger partial charge in [0.1, 0.15) is 0 Å². The van der Waals surface area contributed by atoms with Gasteiger partial charge in [0, 0.05) is 11.4 Å². The van der Waals surface area contributed by atoms with Gasteiger partial charge in [-0.15, -0.1) is 35.3 Å². The summed E-state index contributed by atoms with van der Waals surface area (Å²) in [5.41, 5.74) is 5.65. The molecule has 1 aromatic rings. The molecule has 0 bridgehead atoms. The summed E-state index contributed by atoms with van der Waals surface area (Å²) in [6, 6.07) is 4.07. The minimum Gasteiger partial charge on any atom is -0.370 e. The summed E-state index contributed by atoms with van der Waals surface area (Å²) in [6.07, 6.45) is 1.06. The molecule has 0 radical (unpaired) electrons. The number of hydrogen-bond acceptors (Lipinski definition) is 2. The van der Waals surface area contributed by atoms with Crippen molar-refractivity contribution in [3.8, 4) is 0 Å². The summed E-state index contributed by atoms with van der Waals surface area (Å²) in [5.74, 6) is 0.524. The third kappa shape index (κ3) is 6.36. The van der Waals surface area contributed by atoms with Gasteiger partial charge in [-0.3, -0.25) is 0 Å². The van der Waals surface area contributed by atoms with E-state index in [-0.39, 0.29) is 24.0 Å². The smallest absolute Gasteiger partial charge is 0.188 e. The predicted molar refractivity (Wildman–Crippen MR) is 81.1 cm³/mol. The molecule has 0 spiro atoms. The first-order valence-electron chi connectivity index (χ1n) is 4.50. The molecule has 6 heteroatoms. The van der Waals surface area contributed by atoms with Crippen molar-refractivity contribution in [3.63, 3.8) is 0 Å². The van der Waals surface area contributed by atoms with Crippen LogP contribution in [0.15, 0.2) is 20.9 Å². The highest BCUT2D eigenvalue weighted by Crippen LogP contribution is 2.22. The Labute approximate surface area is 120 Å². The lowest BCUT2D eigenvalue weighted by atomic mass is 10.5. The molecule has 1 aromatic heterocycles. The molecule has 0 aliphatic heterocycles. The van der Waals surface area contributed by atoms with Crippen LogP contribution < -0.4 is 11.1 Å². The maximum Gasteiger partial charge on any atom is 0.188 e. The standard InChI is InChI=1S/C9H14BrN3S.HI/c1-2-5-12-9(11)13-6-7-3-4-8(10)14-7;/h3-4H,2,5-6H2,1H3,(H3,11,12,13);1H. The lowest BCUT2D eigenvalue weighted by Crippen LogP contribution is -2.32. The minimum absolute atomic E-state index is 0. The summed E-state index contributed by atoms with van der Waals surface area (Å²) >= 11 is 5.08. The molecule has 0 aromatic carbocycles. The summed E-state index contributed by atoms with van der Waals surface area (Å²) in [6.45, 7) is 3.62. The van der Waals surface area contributed by atoms with Crippen molar-refractivity contribution in [1.82, 2.24) is 5.32 Å². The summed E-state index contributed by atoms with van der Waals surface area (Å²) in [5, 5.41) is 3.03. The second-order valence-electron chi connectivity index (χ2n) is 2.83. The summed E-state index contributed by atoms with van der Waals surface area (Å²) in [7, 11) is 0. The first-order chi connectivity index (χ1) is 6.72. The van der Waals surface area contributed by atoms with E-state index in [1.54, 1.807) is 11.3 Å². The molecule has 0 aliphatic rings. The van der Waals surface area contributed by atoms with Crippen molar-refractivity contribution in [2.75, 3.05) is 6.54 Å². The molecular formula is C9H15BrIN3S. The SMILES string of the molecule is CCCNC(N)=NCc1ccc(Br)s1.I. The quantitative estimate of drug-likeness (QED) is 0.461. The van der Waals surface area contributed by atoms with Gasteiger partial charge in [0.05, 0.1) is 10.3 Å². The highest BCUT2D eigenvalue weighted by atomic mass is 127.